The molecule has 1 aliphatic heterocycles. The molecule has 0 bridgehead atoms. The van der Waals surface area contributed by atoms with Gasteiger partial charge in [0.2, 0.25) is 5.88 Å². The lowest BCUT2D eigenvalue weighted by Crippen LogP contribution is -2.33. The van der Waals surface area contributed by atoms with Crippen LogP contribution in [0.25, 0.3) is 0 Å². The Morgan fingerprint density at radius 3 is 2.36 bits per heavy atom. The van der Waals surface area contributed by atoms with Crippen LogP contribution in [0.3, 0.4) is 0 Å². The molecule has 4 nitrogen and oxygen atoms in total. The van der Waals surface area contributed by atoms with Gasteiger partial charge in [0, 0.05) is 11.6 Å². The lowest BCUT2D eigenvalue weighted by molar-refractivity contribution is -0.137. The summed E-state index contributed by atoms with van der Waals surface area (Å²) in [7, 11) is 1.27. The third kappa shape index (κ3) is 3.54. The van der Waals surface area contributed by atoms with Gasteiger partial charge < -0.3 is 14.7 Å². The van der Waals surface area contributed by atoms with Crippen LogP contribution in [0.4, 0.5) is 23.2 Å². The summed E-state index contributed by atoms with van der Waals surface area (Å²) >= 11 is 0. The van der Waals surface area contributed by atoms with Gasteiger partial charge >= 0.3 is 12.1 Å². The first kappa shape index (κ1) is 19.7. The first-order valence-electron chi connectivity index (χ1n) is 8.38. The number of carbonyl (C=O) groups is 1. The number of ether oxygens (including phenoxy) is 1. The number of rotatable bonds is 4. The van der Waals surface area contributed by atoms with E-state index in [4.69, 9.17) is 4.74 Å². The Morgan fingerprint density at radius 2 is 1.82 bits per heavy atom. The van der Waals surface area contributed by atoms with E-state index < -0.39 is 29.4 Å². The summed E-state index contributed by atoms with van der Waals surface area (Å²) in [4.78, 5) is 13.2. The fourth-order valence-electron chi connectivity index (χ4n) is 3.34. The zero-order chi connectivity index (χ0) is 20.6. The van der Waals surface area contributed by atoms with E-state index in [2.05, 4.69) is 0 Å². The highest BCUT2D eigenvalue weighted by Gasteiger charge is 2.38. The number of hydrogen-bond donors (Lipinski definition) is 1. The van der Waals surface area contributed by atoms with E-state index in [1.54, 1.807) is 6.92 Å². The normalized spacial score (nSPS) is 16.8. The minimum absolute atomic E-state index is 0.0151. The Kier molecular flexibility index (Phi) is 5.06. The molecule has 3 rings (SSSR count). The molecule has 0 aromatic heterocycles. The molecule has 1 N–H and O–H groups in total. The second kappa shape index (κ2) is 7.18. The van der Waals surface area contributed by atoms with Gasteiger partial charge in [-0.2, -0.15) is 13.2 Å². The molecule has 0 aliphatic carbocycles. The number of carboxylic acids is 1. The zero-order valence-electron chi connectivity index (χ0n) is 15.0. The third-order valence-corrected chi connectivity index (χ3v) is 4.70. The first-order valence-corrected chi connectivity index (χ1v) is 8.38. The topological polar surface area (TPSA) is 49.8 Å². The number of carboxylic acid groups (broad SMARTS) is 1. The fraction of sp³-hybridized carbons (Fsp3) is 0.250. The van der Waals surface area contributed by atoms with Crippen molar-refractivity contribution in [1.29, 1.82) is 0 Å². The summed E-state index contributed by atoms with van der Waals surface area (Å²) in [5.41, 5.74) is 0.314. The van der Waals surface area contributed by atoms with E-state index in [9.17, 15) is 27.5 Å². The highest BCUT2D eigenvalue weighted by molar-refractivity contribution is 5.92. The minimum atomic E-state index is -4.55. The van der Waals surface area contributed by atoms with Crippen LogP contribution in [-0.2, 0) is 22.3 Å². The molecule has 1 atom stereocenters. The average molecular weight is 395 g/mol. The zero-order valence-corrected chi connectivity index (χ0v) is 15.0. The van der Waals surface area contributed by atoms with Gasteiger partial charge in [0.15, 0.2) is 0 Å². The van der Waals surface area contributed by atoms with Gasteiger partial charge in [0.05, 0.1) is 19.2 Å². The number of aliphatic carboxylic acids is 1. The van der Waals surface area contributed by atoms with E-state index in [-0.39, 0.29) is 23.7 Å². The molecule has 28 heavy (non-hydrogen) atoms. The molecule has 0 radical (unpaired) electrons. The summed E-state index contributed by atoms with van der Waals surface area (Å²) in [5, 5.41) is 9.65. The monoisotopic (exact) mass is 395 g/mol. The lowest BCUT2D eigenvalue weighted by atomic mass is 9.87. The highest BCUT2D eigenvalue weighted by atomic mass is 19.4. The van der Waals surface area contributed by atoms with Crippen molar-refractivity contribution in [2.75, 3.05) is 12.0 Å². The first-order chi connectivity index (χ1) is 13.1. The van der Waals surface area contributed by atoms with Crippen LogP contribution >= 0.6 is 0 Å². The molecule has 2 aromatic carbocycles. The number of nitrogens with zero attached hydrogens (tertiary/aromatic N) is 1. The van der Waals surface area contributed by atoms with E-state index in [0.29, 0.717) is 11.1 Å². The van der Waals surface area contributed by atoms with Gasteiger partial charge in [-0.15, -0.1) is 0 Å². The largest absolute Gasteiger partial charge is 0.482 e. The van der Waals surface area contributed by atoms with Crippen molar-refractivity contribution in [3.05, 3.63) is 76.4 Å². The van der Waals surface area contributed by atoms with Gasteiger partial charge in [-0.1, -0.05) is 25.1 Å². The van der Waals surface area contributed by atoms with Crippen LogP contribution in [0.15, 0.2) is 53.9 Å². The van der Waals surface area contributed by atoms with Crippen LogP contribution in [0, 0.1) is 5.82 Å². The summed E-state index contributed by atoms with van der Waals surface area (Å²) in [6.45, 7) is 1.62. The molecule has 2 aromatic rings. The Hall–Kier alpha value is -3.03. The molecule has 1 aliphatic rings. The van der Waals surface area contributed by atoms with E-state index in [1.807, 2.05) is 0 Å². The molecule has 0 amide bonds. The summed E-state index contributed by atoms with van der Waals surface area (Å²) < 4.78 is 58.2. The number of fused-ring (bicyclic) bond motifs is 1. The Balaban J connectivity index is 2.19. The van der Waals surface area contributed by atoms with Gasteiger partial charge in [0.1, 0.15) is 11.4 Å². The van der Waals surface area contributed by atoms with Crippen molar-refractivity contribution in [3.8, 4) is 0 Å². The van der Waals surface area contributed by atoms with Crippen molar-refractivity contribution in [2.24, 2.45) is 0 Å². The summed E-state index contributed by atoms with van der Waals surface area (Å²) in [6.07, 6.45) is -4.55. The number of halogens is 4. The molecule has 1 heterocycles. The molecule has 0 saturated carbocycles. The molecule has 0 saturated heterocycles. The number of methoxy groups -OCH3 is 1. The predicted molar refractivity (Wildman–Crippen MR) is 94.1 cm³/mol. The van der Waals surface area contributed by atoms with Crippen molar-refractivity contribution in [1.82, 2.24) is 0 Å². The quantitative estimate of drug-likeness (QED) is 0.748. The van der Waals surface area contributed by atoms with Gasteiger partial charge in [-0.05, 0) is 35.4 Å². The van der Waals surface area contributed by atoms with Crippen molar-refractivity contribution >= 4 is 11.7 Å². The van der Waals surface area contributed by atoms with Crippen LogP contribution in [-0.4, -0.2) is 18.2 Å². The molecule has 0 spiro atoms. The third-order valence-electron chi connectivity index (χ3n) is 4.70. The number of alkyl halides is 3. The molecule has 1 unspecified atom stereocenters. The molecule has 148 valence electrons. The van der Waals surface area contributed by atoms with E-state index >= 15 is 0 Å². The highest BCUT2D eigenvalue weighted by Crippen LogP contribution is 2.44. The number of anilines is 1. The van der Waals surface area contributed by atoms with Crippen molar-refractivity contribution in [3.63, 3.8) is 0 Å². The Bertz CT molecular complexity index is 935. The lowest BCUT2D eigenvalue weighted by Gasteiger charge is -2.36. The van der Waals surface area contributed by atoms with Crippen LogP contribution in [0.1, 0.15) is 29.5 Å². The van der Waals surface area contributed by atoms with Crippen LogP contribution in [0.2, 0.25) is 0 Å². The maximum absolute atomic E-state index is 13.2. The van der Waals surface area contributed by atoms with Gasteiger partial charge in [0.25, 0.3) is 0 Å². The molecular formula is C20H17F4NO3. The van der Waals surface area contributed by atoms with Crippen LogP contribution < -0.4 is 4.90 Å². The summed E-state index contributed by atoms with van der Waals surface area (Å²) in [5.74, 6) is -2.39. The predicted octanol–water partition coefficient (Wildman–Crippen LogP) is 4.91. The maximum atomic E-state index is 13.2. The van der Waals surface area contributed by atoms with Gasteiger partial charge in [-0.25, -0.2) is 9.18 Å². The standard InChI is InChI=1S/C20H17F4NO3/c1-11-15-8-5-13(20(22,23)24)9-16(15)25(18(28-2)17(11)19(26)27)10-12-3-6-14(21)7-4-12/h3-9,11H,10H2,1-2H3,(H,26,27). The second-order valence-corrected chi connectivity index (χ2v) is 6.43. The SMILES string of the molecule is COC1=C(C(=O)O)C(C)c2ccc(C(F)(F)F)cc2N1Cc1ccc(F)cc1. The van der Waals surface area contributed by atoms with Crippen molar-refractivity contribution < 1.29 is 32.2 Å². The molecule has 8 heteroatoms. The maximum Gasteiger partial charge on any atom is 0.416 e. The second-order valence-electron chi connectivity index (χ2n) is 6.43. The summed E-state index contributed by atoms with van der Waals surface area (Å²) in [6, 6.07) is 8.61. The number of hydrogen-bond acceptors (Lipinski definition) is 3. The Morgan fingerprint density at radius 1 is 1.18 bits per heavy atom. The molecule has 0 fully saturated rings. The minimum Gasteiger partial charge on any atom is -0.482 e. The van der Waals surface area contributed by atoms with Crippen LogP contribution in [0.5, 0.6) is 0 Å². The number of benzene rings is 2. The van der Waals surface area contributed by atoms with Crippen molar-refractivity contribution in [2.45, 2.75) is 25.6 Å². The smallest absolute Gasteiger partial charge is 0.416 e. The van der Waals surface area contributed by atoms with E-state index in [1.165, 1.54) is 42.3 Å². The van der Waals surface area contributed by atoms with E-state index in [0.717, 1.165) is 12.1 Å². The van der Waals surface area contributed by atoms with Gasteiger partial charge in [-0.3, -0.25) is 0 Å². The Labute approximate surface area is 158 Å². The molecular weight excluding hydrogens is 378 g/mol. The average Bonchev–Trinajstić information content (AvgIpc) is 2.63. The fourth-order valence-corrected chi connectivity index (χ4v) is 3.34.